The van der Waals surface area contributed by atoms with E-state index in [0.29, 0.717) is 0 Å². The van der Waals surface area contributed by atoms with Gasteiger partial charge in [0.1, 0.15) is 5.84 Å². The van der Waals surface area contributed by atoms with Gasteiger partial charge in [-0.05, 0) is 12.1 Å². The van der Waals surface area contributed by atoms with Gasteiger partial charge in [0.05, 0.1) is 6.54 Å². The summed E-state index contributed by atoms with van der Waals surface area (Å²) in [5.41, 5.74) is 7.50. The lowest BCUT2D eigenvalue weighted by atomic mass is 10.2. The van der Waals surface area contributed by atoms with E-state index >= 15 is 0 Å². The molecule has 1 aliphatic heterocycles. The molecule has 0 saturated carbocycles. The quantitative estimate of drug-likeness (QED) is 0.723. The third kappa shape index (κ3) is 2.79. The van der Waals surface area contributed by atoms with Gasteiger partial charge in [-0.1, -0.05) is 12.1 Å². The fourth-order valence-electron chi connectivity index (χ4n) is 1.28. The zero-order valence-electron chi connectivity index (χ0n) is 7.56. The number of nitrogens with one attached hydrogen (secondary N) is 1. The molecule has 0 spiro atoms. The van der Waals surface area contributed by atoms with E-state index in [1.165, 1.54) is 0 Å². The molecule has 3 N–H and O–H groups in total. The van der Waals surface area contributed by atoms with Crippen molar-refractivity contribution in [3.05, 3.63) is 29.8 Å². The molecule has 14 heavy (non-hydrogen) atoms. The molecule has 0 bridgehead atoms. The summed E-state index contributed by atoms with van der Waals surface area (Å²) in [6.07, 6.45) is 0. The SMILES string of the molecule is Cl.Cl.Nc1cccc(C2=NCCN2)c1. The van der Waals surface area contributed by atoms with Crippen molar-refractivity contribution in [1.82, 2.24) is 5.32 Å². The predicted octanol–water partition coefficient (Wildman–Crippen LogP) is 1.46. The van der Waals surface area contributed by atoms with Crippen molar-refractivity contribution in [1.29, 1.82) is 0 Å². The van der Waals surface area contributed by atoms with Crippen LogP contribution in [0.2, 0.25) is 0 Å². The lowest BCUT2D eigenvalue weighted by molar-refractivity contribution is 0.960. The maximum Gasteiger partial charge on any atom is 0.128 e. The zero-order valence-corrected chi connectivity index (χ0v) is 9.20. The number of nitrogen functional groups attached to an aromatic ring is 1. The minimum Gasteiger partial charge on any atom is -0.399 e. The van der Waals surface area contributed by atoms with Crippen LogP contribution in [0.25, 0.3) is 0 Å². The minimum atomic E-state index is 0. The monoisotopic (exact) mass is 233 g/mol. The average Bonchev–Trinajstić information content (AvgIpc) is 2.56. The molecule has 0 amide bonds. The molecule has 0 aliphatic carbocycles. The molecule has 1 aromatic rings. The van der Waals surface area contributed by atoms with Crippen LogP contribution >= 0.6 is 24.8 Å². The summed E-state index contributed by atoms with van der Waals surface area (Å²) in [6, 6.07) is 7.75. The Morgan fingerprint density at radius 2 is 2.07 bits per heavy atom. The lowest BCUT2D eigenvalue weighted by Gasteiger charge is -2.02. The number of nitrogens with zero attached hydrogens (tertiary/aromatic N) is 1. The Labute approximate surface area is 95.6 Å². The number of benzene rings is 1. The second-order valence-electron chi connectivity index (χ2n) is 2.78. The minimum absolute atomic E-state index is 0. The number of hydrogen-bond donors (Lipinski definition) is 2. The molecule has 0 radical (unpaired) electrons. The van der Waals surface area contributed by atoms with Gasteiger partial charge in [-0.15, -0.1) is 24.8 Å². The molecule has 0 aromatic heterocycles. The van der Waals surface area contributed by atoms with Crippen molar-refractivity contribution in [2.24, 2.45) is 4.99 Å². The molecule has 1 aromatic carbocycles. The molecule has 0 atom stereocenters. The molecule has 78 valence electrons. The van der Waals surface area contributed by atoms with Gasteiger partial charge in [0.25, 0.3) is 0 Å². The van der Waals surface area contributed by atoms with Gasteiger partial charge in [-0.2, -0.15) is 0 Å². The largest absolute Gasteiger partial charge is 0.399 e. The van der Waals surface area contributed by atoms with Crippen LogP contribution in [-0.4, -0.2) is 18.9 Å². The molecule has 1 aliphatic rings. The molecule has 0 saturated heterocycles. The number of anilines is 1. The van der Waals surface area contributed by atoms with Gasteiger partial charge in [0.2, 0.25) is 0 Å². The van der Waals surface area contributed by atoms with Crippen LogP contribution in [0.15, 0.2) is 29.3 Å². The summed E-state index contributed by atoms with van der Waals surface area (Å²) < 4.78 is 0. The summed E-state index contributed by atoms with van der Waals surface area (Å²) in [7, 11) is 0. The Kier molecular flexibility index (Phi) is 5.35. The molecular weight excluding hydrogens is 221 g/mol. The molecule has 0 fully saturated rings. The van der Waals surface area contributed by atoms with Crippen LogP contribution in [0.1, 0.15) is 5.56 Å². The van der Waals surface area contributed by atoms with E-state index in [9.17, 15) is 0 Å². The highest BCUT2D eigenvalue weighted by molar-refractivity contribution is 6.00. The Morgan fingerprint density at radius 1 is 1.29 bits per heavy atom. The fourth-order valence-corrected chi connectivity index (χ4v) is 1.28. The highest BCUT2D eigenvalue weighted by Crippen LogP contribution is 2.08. The first-order valence-corrected chi connectivity index (χ1v) is 4.00. The lowest BCUT2D eigenvalue weighted by Crippen LogP contribution is -2.19. The van der Waals surface area contributed by atoms with Crippen molar-refractivity contribution in [2.75, 3.05) is 18.8 Å². The van der Waals surface area contributed by atoms with Gasteiger partial charge in [-0.25, -0.2) is 0 Å². The Morgan fingerprint density at radius 3 is 2.64 bits per heavy atom. The van der Waals surface area contributed by atoms with E-state index < -0.39 is 0 Å². The molecule has 1 heterocycles. The summed E-state index contributed by atoms with van der Waals surface area (Å²) in [4.78, 5) is 4.30. The number of nitrogens with two attached hydrogens (primary N) is 1. The normalized spacial score (nSPS) is 13.3. The average molecular weight is 234 g/mol. The van der Waals surface area contributed by atoms with Gasteiger partial charge >= 0.3 is 0 Å². The van der Waals surface area contributed by atoms with Crippen LogP contribution in [0.5, 0.6) is 0 Å². The van der Waals surface area contributed by atoms with E-state index in [1.54, 1.807) is 0 Å². The maximum atomic E-state index is 5.64. The first-order valence-electron chi connectivity index (χ1n) is 4.00. The number of hydrogen-bond acceptors (Lipinski definition) is 3. The first-order chi connectivity index (χ1) is 5.86. The second kappa shape index (κ2) is 5.73. The van der Waals surface area contributed by atoms with Crippen molar-refractivity contribution >= 4 is 36.3 Å². The van der Waals surface area contributed by atoms with Crippen molar-refractivity contribution in [3.8, 4) is 0 Å². The smallest absolute Gasteiger partial charge is 0.128 e. The molecule has 3 nitrogen and oxygen atoms in total. The predicted molar refractivity (Wildman–Crippen MR) is 64.8 cm³/mol. The summed E-state index contributed by atoms with van der Waals surface area (Å²) >= 11 is 0. The van der Waals surface area contributed by atoms with E-state index in [-0.39, 0.29) is 24.8 Å². The standard InChI is InChI=1S/C9H11N3.2ClH/c10-8-3-1-2-7(6-8)9-11-4-5-12-9;;/h1-3,6H,4-5,10H2,(H,11,12);2*1H. The van der Waals surface area contributed by atoms with E-state index in [4.69, 9.17) is 5.73 Å². The second-order valence-corrected chi connectivity index (χ2v) is 2.78. The Bertz CT molecular complexity index is 326. The van der Waals surface area contributed by atoms with Gasteiger partial charge in [0, 0.05) is 17.8 Å². The van der Waals surface area contributed by atoms with Crippen LogP contribution in [0.3, 0.4) is 0 Å². The summed E-state index contributed by atoms with van der Waals surface area (Å²) in [5.74, 6) is 0.960. The van der Waals surface area contributed by atoms with Crippen LogP contribution < -0.4 is 11.1 Å². The molecular formula is C9H13Cl2N3. The Balaban J connectivity index is 0.000000845. The fraction of sp³-hybridized carbons (Fsp3) is 0.222. The number of amidine groups is 1. The number of rotatable bonds is 1. The number of halogens is 2. The van der Waals surface area contributed by atoms with Gasteiger partial charge in [0.15, 0.2) is 0 Å². The van der Waals surface area contributed by atoms with Crippen LogP contribution in [0.4, 0.5) is 5.69 Å². The molecule has 2 rings (SSSR count). The Hall–Kier alpha value is -0.930. The first kappa shape index (κ1) is 13.1. The van der Waals surface area contributed by atoms with Crippen molar-refractivity contribution in [2.45, 2.75) is 0 Å². The molecule has 0 unspecified atom stereocenters. The number of aliphatic imine (C=N–C) groups is 1. The van der Waals surface area contributed by atoms with Gasteiger partial charge < -0.3 is 11.1 Å². The van der Waals surface area contributed by atoms with Crippen LogP contribution in [-0.2, 0) is 0 Å². The topological polar surface area (TPSA) is 50.4 Å². The van der Waals surface area contributed by atoms with Crippen LogP contribution in [0, 0.1) is 0 Å². The van der Waals surface area contributed by atoms with Crippen molar-refractivity contribution in [3.63, 3.8) is 0 Å². The highest BCUT2D eigenvalue weighted by atomic mass is 35.5. The third-order valence-electron chi connectivity index (χ3n) is 1.83. The van der Waals surface area contributed by atoms with Gasteiger partial charge in [-0.3, -0.25) is 4.99 Å². The van der Waals surface area contributed by atoms with E-state index in [2.05, 4.69) is 10.3 Å². The summed E-state index contributed by atoms with van der Waals surface area (Å²) in [6.45, 7) is 1.80. The highest BCUT2D eigenvalue weighted by Gasteiger charge is 2.06. The molecule has 5 heteroatoms. The third-order valence-corrected chi connectivity index (χ3v) is 1.83. The van der Waals surface area contributed by atoms with Crippen molar-refractivity contribution < 1.29 is 0 Å². The summed E-state index contributed by atoms with van der Waals surface area (Å²) in [5, 5.41) is 3.19. The van der Waals surface area contributed by atoms with E-state index in [0.717, 1.165) is 30.2 Å². The van der Waals surface area contributed by atoms with E-state index in [1.807, 2.05) is 24.3 Å². The maximum absolute atomic E-state index is 5.64. The zero-order chi connectivity index (χ0) is 8.39.